The molecule has 1 aromatic carbocycles. The monoisotopic (exact) mass is 543 g/mol. The number of hydrogen-bond acceptors (Lipinski definition) is 6. The van der Waals surface area contributed by atoms with E-state index in [1.807, 2.05) is 13.8 Å². The Morgan fingerprint density at radius 3 is 2.18 bits per heavy atom. The van der Waals surface area contributed by atoms with E-state index in [1.165, 1.54) is 29.2 Å². The molecule has 0 aliphatic heterocycles. The van der Waals surface area contributed by atoms with Gasteiger partial charge >= 0.3 is 0 Å². The van der Waals surface area contributed by atoms with Crippen molar-refractivity contribution in [2.75, 3.05) is 10.6 Å². The second-order valence-electron chi connectivity index (χ2n) is 10.9. The van der Waals surface area contributed by atoms with Crippen molar-refractivity contribution in [3.63, 3.8) is 0 Å². The molecule has 1 unspecified atom stereocenters. The molecule has 2 fully saturated rings. The van der Waals surface area contributed by atoms with Crippen LogP contribution in [-0.2, 0) is 4.79 Å². The summed E-state index contributed by atoms with van der Waals surface area (Å²) in [5, 5.41) is 6.12. The summed E-state index contributed by atoms with van der Waals surface area (Å²) in [5.41, 5.74) is 6.74. The molecule has 4 rings (SSSR count). The van der Waals surface area contributed by atoms with Crippen LogP contribution in [0.15, 0.2) is 24.3 Å². The number of halogens is 1. The number of hydrogen-bond donors (Lipinski definition) is 3. The standard InChI is InChI=1S/C28H38FN5O3S/c1-17(2)16-22(26(35)31-19-10-6-7-11-19)34(21-14-12-18(29)13-15-21)28(37)25-23(30)24(33-38-25)27(36)32-20-8-4-3-5-9-20/h12-15,17,19-20,22H,3-11,16,30H2,1-2H3,(H,31,35)(H,32,36). The van der Waals surface area contributed by atoms with E-state index in [0.717, 1.165) is 69.3 Å². The number of amides is 3. The van der Waals surface area contributed by atoms with Gasteiger partial charge in [-0.15, -0.1) is 0 Å². The van der Waals surface area contributed by atoms with E-state index in [-0.39, 0.29) is 40.2 Å². The number of nitrogen functional groups attached to an aromatic ring is 1. The van der Waals surface area contributed by atoms with Gasteiger partial charge in [-0.1, -0.05) is 46.0 Å². The Bertz CT molecular complexity index is 1120. The normalized spacial score (nSPS) is 17.4. The third kappa shape index (κ3) is 6.70. The van der Waals surface area contributed by atoms with Gasteiger partial charge < -0.3 is 16.4 Å². The summed E-state index contributed by atoms with van der Waals surface area (Å²) in [6.07, 6.45) is 9.44. The highest BCUT2D eigenvalue weighted by Crippen LogP contribution is 2.30. The van der Waals surface area contributed by atoms with Crippen LogP contribution < -0.4 is 21.3 Å². The first-order valence-corrected chi connectivity index (χ1v) is 14.5. The highest BCUT2D eigenvalue weighted by Gasteiger charge is 2.36. The fourth-order valence-corrected chi connectivity index (χ4v) is 6.14. The maximum Gasteiger partial charge on any atom is 0.273 e. The molecule has 1 aromatic heterocycles. The third-order valence-electron chi connectivity index (χ3n) is 7.41. The molecule has 0 spiro atoms. The van der Waals surface area contributed by atoms with Crippen LogP contribution in [0.4, 0.5) is 15.8 Å². The van der Waals surface area contributed by atoms with Crippen LogP contribution in [0.5, 0.6) is 0 Å². The number of aromatic nitrogens is 1. The van der Waals surface area contributed by atoms with Gasteiger partial charge in [0.05, 0.1) is 5.69 Å². The predicted molar refractivity (Wildman–Crippen MR) is 148 cm³/mol. The average Bonchev–Trinajstić information content (AvgIpc) is 3.54. The summed E-state index contributed by atoms with van der Waals surface area (Å²) < 4.78 is 18.0. The van der Waals surface area contributed by atoms with E-state index in [2.05, 4.69) is 15.0 Å². The van der Waals surface area contributed by atoms with Gasteiger partial charge in [-0.25, -0.2) is 4.39 Å². The highest BCUT2D eigenvalue weighted by atomic mass is 32.1. The van der Waals surface area contributed by atoms with Crippen LogP contribution in [0.2, 0.25) is 0 Å². The number of nitrogens with one attached hydrogen (secondary N) is 2. The molecular weight excluding hydrogens is 505 g/mol. The van der Waals surface area contributed by atoms with Gasteiger partial charge in [0.1, 0.15) is 16.7 Å². The highest BCUT2D eigenvalue weighted by molar-refractivity contribution is 7.09. The molecule has 10 heteroatoms. The van der Waals surface area contributed by atoms with Crippen LogP contribution in [0.25, 0.3) is 0 Å². The Balaban J connectivity index is 1.65. The van der Waals surface area contributed by atoms with Crippen molar-refractivity contribution in [3.05, 3.63) is 40.7 Å². The smallest absolute Gasteiger partial charge is 0.273 e. The summed E-state index contributed by atoms with van der Waals surface area (Å²) in [6.45, 7) is 3.97. The van der Waals surface area contributed by atoms with Crippen molar-refractivity contribution in [2.24, 2.45) is 5.92 Å². The molecule has 2 aliphatic carbocycles. The minimum atomic E-state index is -0.838. The quantitative estimate of drug-likeness (QED) is 0.409. The molecule has 0 bridgehead atoms. The van der Waals surface area contributed by atoms with Crippen LogP contribution in [0, 0.1) is 11.7 Å². The SMILES string of the molecule is CC(C)CC(C(=O)NC1CCCC1)N(C(=O)c1snc(C(=O)NC2CCCCC2)c1N)c1ccc(F)cc1. The van der Waals surface area contributed by atoms with E-state index in [4.69, 9.17) is 5.73 Å². The van der Waals surface area contributed by atoms with E-state index >= 15 is 0 Å². The van der Waals surface area contributed by atoms with Crippen molar-refractivity contribution in [1.29, 1.82) is 0 Å². The van der Waals surface area contributed by atoms with Gasteiger partial charge in [-0.2, -0.15) is 4.37 Å². The number of nitrogens with two attached hydrogens (primary N) is 1. The lowest BCUT2D eigenvalue weighted by atomic mass is 9.95. The molecule has 2 saturated carbocycles. The zero-order valence-electron chi connectivity index (χ0n) is 22.2. The number of anilines is 2. The van der Waals surface area contributed by atoms with E-state index in [1.54, 1.807) is 0 Å². The largest absolute Gasteiger partial charge is 0.395 e. The predicted octanol–water partition coefficient (Wildman–Crippen LogP) is 5.05. The molecule has 2 aliphatic rings. The molecule has 1 heterocycles. The minimum Gasteiger partial charge on any atom is -0.395 e. The van der Waals surface area contributed by atoms with Crippen molar-refractivity contribution in [2.45, 2.75) is 96.2 Å². The number of nitrogens with zero attached hydrogens (tertiary/aromatic N) is 2. The molecule has 2 aromatic rings. The zero-order chi connectivity index (χ0) is 27.2. The fraction of sp³-hybridized carbons (Fsp3) is 0.571. The van der Waals surface area contributed by atoms with Gasteiger partial charge in [-0.05, 0) is 73.8 Å². The first-order chi connectivity index (χ1) is 18.2. The summed E-state index contributed by atoms with van der Waals surface area (Å²) in [6, 6.07) is 4.79. The second kappa shape index (κ2) is 12.7. The zero-order valence-corrected chi connectivity index (χ0v) is 23.0. The number of rotatable bonds is 9. The van der Waals surface area contributed by atoms with Gasteiger partial charge in [0, 0.05) is 17.8 Å². The van der Waals surface area contributed by atoms with Crippen LogP contribution >= 0.6 is 11.5 Å². The van der Waals surface area contributed by atoms with Gasteiger partial charge in [-0.3, -0.25) is 19.3 Å². The van der Waals surface area contributed by atoms with Crippen LogP contribution in [-0.4, -0.2) is 40.2 Å². The Hall–Kier alpha value is -3.01. The Labute approximate surface area is 227 Å². The summed E-state index contributed by atoms with van der Waals surface area (Å²) in [4.78, 5) is 42.1. The van der Waals surface area contributed by atoms with Crippen LogP contribution in [0.3, 0.4) is 0 Å². The molecule has 8 nitrogen and oxygen atoms in total. The lowest BCUT2D eigenvalue weighted by Crippen LogP contribution is -2.52. The lowest BCUT2D eigenvalue weighted by molar-refractivity contribution is -0.123. The minimum absolute atomic E-state index is 0.0000749. The molecule has 206 valence electrons. The van der Waals surface area contributed by atoms with Gasteiger partial charge in [0.25, 0.3) is 11.8 Å². The third-order valence-corrected chi connectivity index (χ3v) is 8.26. The Morgan fingerprint density at radius 2 is 1.58 bits per heavy atom. The molecule has 38 heavy (non-hydrogen) atoms. The van der Waals surface area contributed by atoms with E-state index < -0.39 is 23.7 Å². The first-order valence-electron chi connectivity index (χ1n) is 13.7. The maximum absolute atomic E-state index is 14.1. The van der Waals surface area contributed by atoms with Crippen molar-refractivity contribution >= 4 is 40.6 Å². The number of carbonyl (C=O) groups excluding carboxylic acids is 3. The molecule has 3 amide bonds. The summed E-state index contributed by atoms with van der Waals surface area (Å²) in [7, 11) is 0. The molecule has 1 atom stereocenters. The summed E-state index contributed by atoms with van der Waals surface area (Å²) >= 11 is 0.849. The lowest BCUT2D eigenvalue weighted by Gasteiger charge is -2.32. The summed E-state index contributed by atoms with van der Waals surface area (Å²) in [5.74, 6) is -1.52. The van der Waals surface area contributed by atoms with Crippen molar-refractivity contribution in [1.82, 2.24) is 15.0 Å². The average molecular weight is 544 g/mol. The van der Waals surface area contributed by atoms with Crippen LogP contribution in [0.1, 0.15) is 98.2 Å². The van der Waals surface area contributed by atoms with Gasteiger partial charge in [0.2, 0.25) is 5.91 Å². The molecule has 0 saturated heterocycles. The van der Waals surface area contributed by atoms with Gasteiger partial charge in [0.15, 0.2) is 5.69 Å². The maximum atomic E-state index is 14.1. The number of carbonyl (C=O) groups is 3. The Morgan fingerprint density at radius 1 is 1.00 bits per heavy atom. The topological polar surface area (TPSA) is 117 Å². The molecule has 4 N–H and O–H groups in total. The molecule has 0 radical (unpaired) electrons. The molecular formula is C28H38FN5O3S. The van der Waals surface area contributed by atoms with Crippen molar-refractivity contribution in [3.8, 4) is 0 Å². The Kier molecular flexibility index (Phi) is 9.35. The number of benzene rings is 1. The van der Waals surface area contributed by atoms with Crippen molar-refractivity contribution < 1.29 is 18.8 Å². The van der Waals surface area contributed by atoms with E-state index in [0.29, 0.717) is 12.1 Å². The fourth-order valence-electron chi connectivity index (χ4n) is 5.41. The second-order valence-corrected chi connectivity index (χ2v) is 11.6. The first kappa shape index (κ1) is 28.0. The van der Waals surface area contributed by atoms with E-state index in [9.17, 15) is 18.8 Å².